The van der Waals surface area contributed by atoms with Crippen LogP contribution in [-0.4, -0.2) is 23.0 Å². The van der Waals surface area contributed by atoms with Crippen LogP contribution in [0.1, 0.15) is 28.9 Å². The van der Waals surface area contributed by atoms with Gasteiger partial charge < -0.3 is 20.8 Å². The fourth-order valence-corrected chi connectivity index (χ4v) is 2.49. The van der Waals surface area contributed by atoms with Crippen LogP contribution in [0.5, 0.6) is 5.75 Å². The maximum Gasteiger partial charge on any atom is 0.255 e. The highest BCUT2D eigenvalue weighted by Gasteiger charge is 2.14. The zero-order chi connectivity index (χ0) is 16.4. The number of nitrogens with two attached hydrogens (primary N) is 1. The van der Waals surface area contributed by atoms with E-state index >= 15 is 0 Å². The van der Waals surface area contributed by atoms with Gasteiger partial charge >= 0.3 is 0 Å². The Morgan fingerprint density at radius 3 is 2.91 bits per heavy atom. The van der Waals surface area contributed by atoms with E-state index in [1.54, 1.807) is 37.7 Å². The highest BCUT2D eigenvalue weighted by molar-refractivity contribution is 6.08. The molecule has 0 saturated carbocycles. The van der Waals surface area contributed by atoms with Crippen molar-refractivity contribution >= 4 is 22.6 Å². The molecule has 0 saturated heterocycles. The molecule has 3 rings (SSSR count). The lowest BCUT2D eigenvalue weighted by molar-refractivity contribution is 0.102. The maximum atomic E-state index is 12.5. The van der Waals surface area contributed by atoms with E-state index in [1.807, 2.05) is 19.1 Å². The minimum Gasteiger partial charge on any atom is -0.496 e. The topological polar surface area (TPSA) is 93.0 Å². The molecule has 6 nitrogen and oxygen atoms in total. The molecule has 2 aromatic heterocycles. The van der Waals surface area contributed by atoms with Crippen molar-refractivity contribution < 1.29 is 9.53 Å². The molecular weight excluding hydrogens is 292 g/mol. The Kier molecular flexibility index (Phi) is 3.99. The normalized spacial score (nSPS) is 12.1. The largest absolute Gasteiger partial charge is 0.496 e. The fraction of sp³-hybridized carbons (Fsp3) is 0.176. The first-order chi connectivity index (χ1) is 11.1. The average Bonchev–Trinajstić information content (AvgIpc) is 3.03. The summed E-state index contributed by atoms with van der Waals surface area (Å²) in [6.45, 7) is 1.87. The van der Waals surface area contributed by atoms with E-state index in [4.69, 9.17) is 10.5 Å². The number of nitrogens with zero attached hydrogens (tertiary/aromatic N) is 1. The lowest BCUT2D eigenvalue weighted by atomic mass is 10.0. The number of fused-ring (bicyclic) bond motifs is 1. The molecule has 2 heterocycles. The zero-order valence-electron chi connectivity index (χ0n) is 13.0. The highest BCUT2D eigenvalue weighted by atomic mass is 16.5. The molecule has 0 bridgehead atoms. The second-order valence-electron chi connectivity index (χ2n) is 5.30. The molecule has 0 spiro atoms. The standard InChI is InChI=1S/C17H18N4O2/c1-10(18)12-4-3-11(9-15(12)23-2)17(22)21-14-6-8-20-16-13(14)5-7-19-16/h3-10H,18H2,1-2H3,(H2,19,20,21,22). The summed E-state index contributed by atoms with van der Waals surface area (Å²) in [4.78, 5) is 19.7. The SMILES string of the molecule is COc1cc(C(=O)Nc2ccnc3[nH]ccc23)ccc1C(C)N. The number of hydrogen-bond acceptors (Lipinski definition) is 4. The average molecular weight is 310 g/mol. The van der Waals surface area contributed by atoms with Crippen molar-refractivity contribution in [2.75, 3.05) is 12.4 Å². The van der Waals surface area contributed by atoms with E-state index in [0.29, 0.717) is 17.0 Å². The lowest BCUT2D eigenvalue weighted by Gasteiger charge is -2.13. The van der Waals surface area contributed by atoms with Crippen LogP contribution in [0.2, 0.25) is 0 Å². The molecule has 1 atom stereocenters. The predicted molar refractivity (Wildman–Crippen MR) is 89.6 cm³/mol. The number of methoxy groups -OCH3 is 1. The summed E-state index contributed by atoms with van der Waals surface area (Å²) in [5.41, 5.74) is 8.70. The van der Waals surface area contributed by atoms with Crippen molar-refractivity contribution in [3.8, 4) is 5.75 Å². The molecule has 1 amide bonds. The van der Waals surface area contributed by atoms with Crippen LogP contribution in [-0.2, 0) is 0 Å². The number of ether oxygens (including phenoxy) is 1. The fourth-order valence-electron chi connectivity index (χ4n) is 2.49. The molecule has 3 aromatic rings. The number of rotatable bonds is 4. The third-order valence-electron chi connectivity index (χ3n) is 3.69. The molecule has 0 aliphatic heterocycles. The van der Waals surface area contributed by atoms with E-state index in [0.717, 1.165) is 16.6 Å². The Balaban J connectivity index is 1.90. The van der Waals surface area contributed by atoms with Crippen molar-refractivity contribution in [1.82, 2.24) is 9.97 Å². The monoisotopic (exact) mass is 310 g/mol. The van der Waals surface area contributed by atoms with Crippen molar-refractivity contribution in [2.45, 2.75) is 13.0 Å². The van der Waals surface area contributed by atoms with E-state index < -0.39 is 0 Å². The molecular formula is C17H18N4O2. The Hall–Kier alpha value is -2.86. The first-order valence-corrected chi connectivity index (χ1v) is 7.27. The van der Waals surface area contributed by atoms with Gasteiger partial charge in [-0.05, 0) is 31.2 Å². The van der Waals surface area contributed by atoms with Gasteiger partial charge in [-0.3, -0.25) is 4.79 Å². The predicted octanol–water partition coefficient (Wildman–Crippen LogP) is 2.84. The van der Waals surface area contributed by atoms with Gasteiger partial charge in [0.1, 0.15) is 11.4 Å². The summed E-state index contributed by atoms with van der Waals surface area (Å²) < 4.78 is 5.33. The summed E-state index contributed by atoms with van der Waals surface area (Å²) in [7, 11) is 1.56. The first kappa shape index (κ1) is 15.1. The Bertz CT molecular complexity index is 855. The molecule has 118 valence electrons. The maximum absolute atomic E-state index is 12.5. The molecule has 0 aliphatic carbocycles. The number of aromatic amines is 1. The molecule has 6 heteroatoms. The van der Waals surface area contributed by atoms with Crippen molar-refractivity contribution in [3.63, 3.8) is 0 Å². The Morgan fingerprint density at radius 2 is 2.17 bits per heavy atom. The molecule has 23 heavy (non-hydrogen) atoms. The second-order valence-corrected chi connectivity index (χ2v) is 5.30. The number of carbonyl (C=O) groups is 1. The molecule has 1 aromatic carbocycles. The third kappa shape index (κ3) is 2.89. The first-order valence-electron chi connectivity index (χ1n) is 7.27. The molecule has 0 aliphatic rings. The summed E-state index contributed by atoms with van der Waals surface area (Å²) in [5.74, 6) is 0.391. The Morgan fingerprint density at radius 1 is 1.35 bits per heavy atom. The minimum absolute atomic E-state index is 0.165. The molecule has 0 radical (unpaired) electrons. The summed E-state index contributed by atoms with van der Waals surface area (Å²) in [6.07, 6.45) is 3.43. The van der Waals surface area contributed by atoms with Crippen LogP contribution in [0.15, 0.2) is 42.7 Å². The number of anilines is 1. The summed E-state index contributed by atoms with van der Waals surface area (Å²) in [6, 6.07) is 8.73. The number of nitrogens with one attached hydrogen (secondary N) is 2. The number of pyridine rings is 1. The van der Waals surface area contributed by atoms with E-state index in [9.17, 15) is 4.79 Å². The van der Waals surface area contributed by atoms with Gasteiger partial charge in [0.25, 0.3) is 5.91 Å². The van der Waals surface area contributed by atoms with Gasteiger partial charge in [0.15, 0.2) is 0 Å². The molecule has 4 N–H and O–H groups in total. The van der Waals surface area contributed by atoms with Gasteiger partial charge in [0, 0.05) is 34.9 Å². The highest BCUT2D eigenvalue weighted by Crippen LogP contribution is 2.26. The van der Waals surface area contributed by atoms with E-state index in [1.165, 1.54) is 0 Å². The van der Waals surface area contributed by atoms with Crippen molar-refractivity contribution in [1.29, 1.82) is 0 Å². The van der Waals surface area contributed by atoms with Crippen LogP contribution < -0.4 is 15.8 Å². The van der Waals surface area contributed by atoms with Crippen molar-refractivity contribution in [3.05, 3.63) is 53.9 Å². The van der Waals surface area contributed by atoms with Gasteiger partial charge in [-0.2, -0.15) is 0 Å². The summed E-state index contributed by atoms with van der Waals surface area (Å²) in [5, 5.41) is 3.76. The summed E-state index contributed by atoms with van der Waals surface area (Å²) >= 11 is 0. The molecule has 1 unspecified atom stereocenters. The number of hydrogen-bond donors (Lipinski definition) is 3. The van der Waals surface area contributed by atoms with E-state index in [-0.39, 0.29) is 11.9 Å². The number of aromatic nitrogens is 2. The second kappa shape index (κ2) is 6.10. The number of carbonyl (C=O) groups excluding carboxylic acids is 1. The van der Waals surface area contributed by atoms with Crippen LogP contribution in [0.4, 0.5) is 5.69 Å². The number of amides is 1. The minimum atomic E-state index is -0.215. The van der Waals surface area contributed by atoms with Crippen LogP contribution >= 0.6 is 0 Å². The van der Waals surface area contributed by atoms with E-state index in [2.05, 4.69) is 15.3 Å². The van der Waals surface area contributed by atoms with Gasteiger partial charge in [-0.25, -0.2) is 4.98 Å². The third-order valence-corrected chi connectivity index (χ3v) is 3.69. The van der Waals surface area contributed by atoms with Gasteiger partial charge in [0.05, 0.1) is 12.8 Å². The van der Waals surface area contributed by atoms with Crippen LogP contribution in [0.3, 0.4) is 0 Å². The zero-order valence-corrected chi connectivity index (χ0v) is 13.0. The smallest absolute Gasteiger partial charge is 0.255 e. The van der Waals surface area contributed by atoms with Gasteiger partial charge in [-0.1, -0.05) is 6.07 Å². The van der Waals surface area contributed by atoms with Gasteiger partial charge in [0.2, 0.25) is 0 Å². The van der Waals surface area contributed by atoms with Crippen molar-refractivity contribution in [2.24, 2.45) is 5.73 Å². The van der Waals surface area contributed by atoms with Crippen LogP contribution in [0.25, 0.3) is 11.0 Å². The number of H-pyrrole nitrogens is 1. The molecule has 0 fully saturated rings. The van der Waals surface area contributed by atoms with Crippen LogP contribution in [0, 0.1) is 0 Å². The number of benzene rings is 1. The lowest BCUT2D eigenvalue weighted by Crippen LogP contribution is -2.14. The van der Waals surface area contributed by atoms with Gasteiger partial charge in [-0.15, -0.1) is 0 Å². The quantitative estimate of drug-likeness (QED) is 0.691. The Labute approximate surface area is 133 Å².